The van der Waals surface area contributed by atoms with E-state index >= 15 is 0 Å². The lowest BCUT2D eigenvalue weighted by molar-refractivity contribution is -0.118. The Labute approximate surface area is 198 Å². The van der Waals surface area contributed by atoms with Crippen LogP contribution in [0.3, 0.4) is 0 Å². The third-order valence-corrected chi connectivity index (χ3v) is 8.66. The molecule has 1 aliphatic rings. The van der Waals surface area contributed by atoms with Crippen LogP contribution in [0.25, 0.3) is 10.1 Å². The number of amides is 1. The zero-order valence-electron chi connectivity index (χ0n) is 16.1. The fourth-order valence-electron chi connectivity index (χ4n) is 3.43. The number of halogens is 3. The Kier molecular flexibility index (Phi) is 6.80. The third kappa shape index (κ3) is 4.57. The monoisotopic (exact) mass is 515 g/mol. The molecule has 2 aromatic carbocycles. The lowest BCUT2D eigenvalue weighted by Crippen LogP contribution is -2.32. The standard InChI is InChI=1S/C21H17Cl3NO4PS/c1-2-25(16-9-14(23)8-15(24)10-16)21(26)20(30(27)28-6-3-7-29-30)18-12-31-19-5-4-13(22)11-17(18)19/h2,4-5,8-12,20H,1,3,6-7H2. The van der Waals surface area contributed by atoms with Gasteiger partial charge in [0.05, 0.1) is 18.9 Å². The molecule has 0 spiro atoms. The summed E-state index contributed by atoms with van der Waals surface area (Å²) in [6.07, 6.45) is 1.92. The quantitative estimate of drug-likeness (QED) is 0.326. The van der Waals surface area contributed by atoms with Gasteiger partial charge in [0.2, 0.25) is 0 Å². The summed E-state index contributed by atoms with van der Waals surface area (Å²) in [5.41, 5.74) is -0.294. The predicted molar refractivity (Wildman–Crippen MR) is 128 cm³/mol. The van der Waals surface area contributed by atoms with Crippen LogP contribution in [0.4, 0.5) is 5.69 Å². The Morgan fingerprint density at radius 1 is 1.10 bits per heavy atom. The normalized spacial score (nSPS) is 16.7. The number of nitrogens with zero attached hydrogens (tertiary/aromatic N) is 1. The van der Waals surface area contributed by atoms with Crippen molar-refractivity contribution >= 4 is 75.4 Å². The van der Waals surface area contributed by atoms with Crippen LogP contribution in [0.2, 0.25) is 15.1 Å². The summed E-state index contributed by atoms with van der Waals surface area (Å²) in [7, 11) is -3.84. The van der Waals surface area contributed by atoms with Gasteiger partial charge < -0.3 is 9.05 Å². The van der Waals surface area contributed by atoms with E-state index < -0.39 is 19.2 Å². The first-order valence-electron chi connectivity index (χ1n) is 9.29. The Morgan fingerprint density at radius 2 is 1.77 bits per heavy atom. The predicted octanol–water partition coefficient (Wildman–Crippen LogP) is 7.71. The SMILES string of the molecule is C=CN(C(=O)C(c1csc2ccc(Cl)cc12)P1(=O)OCCCO1)c1cc(Cl)cc(Cl)c1. The van der Waals surface area contributed by atoms with Gasteiger partial charge in [-0.1, -0.05) is 41.4 Å². The number of fused-ring (bicyclic) bond motifs is 1. The van der Waals surface area contributed by atoms with Crippen molar-refractivity contribution in [3.8, 4) is 0 Å². The van der Waals surface area contributed by atoms with E-state index in [0.29, 0.717) is 32.7 Å². The second-order valence-corrected chi connectivity index (χ2v) is 11.1. The Hall–Kier alpha value is -1.37. The van der Waals surface area contributed by atoms with Crippen molar-refractivity contribution in [3.05, 3.63) is 75.2 Å². The highest BCUT2D eigenvalue weighted by molar-refractivity contribution is 7.55. The summed E-state index contributed by atoms with van der Waals surface area (Å²) in [5.74, 6) is -0.529. The average Bonchev–Trinajstić information content (AvgIpc) is 3.11. The molecule has 1 amide bonds. The van der Waals surface area contributed by atoms with Gasteiger partial charge in [0.1, 0.15) is 0 Å². The number of hydrogen-bond acceptors (Lipinski definition) is 5. The fraction of sp³-hybridized carbons (Fsp3) is 0.190. The molecule has 1 aliphatic heterocycles. The zero-order valence-corrected chi connectivity index (χ0v) is 20.1. The highest BCUT2D eigenvalue weighted by Gasteiger charge is 2.47. The molecule has 0 saturated carbocycles. The van der Waals surface area contributed by atoms with Crippen molar-refractivity contribution in [2.45, 2.75) is 12.1 Å². The van der Waals surface area contributed by atoms with Crippen molar-refractivity contribution in [2.75, 3.05) is 18.1 Å². The van der Waals surface area contributed by atoms with Crippen LogP contribution in [0.15, 0.2) is 54.6 Å². The van der Waals surface area contributed by atoms with Crippen LogP contribution in [0.1, 0.15) is 17.6 Å². The van der Waals surface area contributed by atoms with Gasteiger partial charge in [-0.2, -0.15) is 0 Å². The molecule has 31 heavy (non-hydrogen) atoms. The molecule has 4 rings (SSSR count). The number of thiophene rings is 1. The van der Waals surface area contributed by atoms with Crippen LogP contribution >= 0.6 is 53.7 Å². The molecule has 1 saturated heterocycles. The van der Waals surface area contributed by atoms with Gasteiger partial charge in [-0.25, -0.2) is 0 Å². The van der Waals surface area contributed by atoms with Gasteiger partial charge in [-0.15, -0.1) is 11.3 Å². The summed E-state index contributed by atoms with van der Waals surface area (Å²) in [6, 6.07) is 10.1. The second kappa shape index (κ2) is 9.24. The van der Waals surface area contributed by atoms with Crippen LogP contribution < -0.4 is 4.90 Å². The Balaban J connectivity index is 1.87. The van der Waals surface area contributed by atoms with Crippen molar-refractivity contribution in [1.29, 1.82) is 0 Å². The third-order valence-electron chi connectivity index (χ3n) is 4.79. The number of carbonyl (C=O) groups is 1. The first kappa shape index (κ1) is 22.8. The van der Waals surface area contributed by atoms with E-state index in [2.05, 4.69) is 6.58 Å². The second-order valence-electron chi connectivity index (χ2n) is 6.81. The molecule has 1 atom stereocenters. The summed E-state index contributed by atoms with van der Waals surface area (Å²) in [4.78, 5) is 15.1. The molecule has 162 valence electrons. The minimum atomic E-state index is -3.84. The molecule has 0 aliphatic carbocycles. The van der Waals surface area contributed by atoms with E-state index in [1.807, 2.05) is 6.07 Å². The van der Waals surface area contributed by atoms with E-state index in [9.17, 15) is 9.36 Å². The van der Waals surface area contributed by atoms with Gasteiger partial charge in [-0.05, 0) is 59.1 Å². The first-order chi connectivity index (χ1) is 14.8. The molecule has 2 heterocycles. The van der Waals surface area contributed by atoms with Gasteiger partial charge >= 0.3 is 7.60 Å². The summed E-state index contributed by atoms with van der Waals surface area (Å²) in [5, 5.41) is 3.71. The minimum Gasteiger partial charge on any atom is -0.308 e. The topological polar surface area (TPSA) is 55.8 Å². The van der Waals surface area contributed by atoms with Gasteiger partial charge in [0.25, 0.3) is 5.91 Å². The number of anilines is 1. The van der Waals surface area contributed by atoms with Crippen LogP contribution in [0, 0.1) is 0 Å². The largest absolute Gasteiger partial charge is 0.347 e. The minimum absolute atomic E-state index is 0.237. The molecule has 3 aromatic rings. The van der Waals surface area contributed by atoms with E-state index in [0.717, 1.165) is 10.1 Å². The van der Waals surface area contributed by atoms with E-state index in [4.69, 9.17) is 43.9 Å². The molecule has 0 radical (unpaired) electrons. The average molecular weight is 517 g/mol. The maximum absolute atomic E-state index is 13.8. The molecule has 5 nitrogen and oxygen atoms in total. The van der Waals surface area contributed by atoms with Crippen molar-refractivity contribution < 1.29 is 18.4 Å². The summed E-state index contributed by atoms with van der Waals surface area (Å²) in [6.45, 7) is 4.23. The van der Waals surface area contributed by atoms with E-state index in [1.54, 1.807) is 35.7 Å². The molecular weight excluding hydrogens is 500 g/mol. The van der Waals surface area contributed by atoms with Gasteiger partial charge in [0.15, 0.2) is 5.66 Å². The molecule has 0 N–H and O–H groups in total. The molecule has 1 fully saturated rings. The zero-order chi connectivity index (χ0) is 22.2. The Bertz CT molecular complexity index is 1180. The molecule has 0 bridgehead atoms. The Morgan fingerprint density at radius 3 is 2.42 bits per heavy atom. The number of rotatable bonds is 5. The number of benzene rings is 2. The van der Waals surface area contributed by atoms with E-state index in [1.165, 1.54) is 22.4 Å². The highest BCUT2D eigenvalue weighted by atomic mass is 35.5. The highest BCUT2D eigenvalue weighted by Crippen LogP contribution is 2.64. The maximum atomic E-state index is 13.8. The molecule has 1 aromatic heterocycles. The lowest BCUT2D eigenvalue weighted by Gasteiger charge is -2.32. The van der Waals surface area contributed by atoms with Gasteiger partial charge in [0, 0.05) is 26.0 Å². The number of hydrogen-bond donors (Lipinski definition) is 0. The number of carbonyl (C=O) groups excluding carboxylic acids is 1. The summed E-state index contributed by atoms with van der Waals surface area (Å²) < 4.78 is 25.9. The van der Waals surface area contributed by atoms with E-state index in [-0.39, 0.29) is 13.2 Å². The molecular formula is C21H17Cl3NO4PS. The lowest BCUT2D eigenvalue weighted by atomic mass is 10.1. The summed E-state index contributed by atoms with van der Waals surface area (Å²) >= 11 is 19.9. The van der Waals surface area contributed by atoms with Crippen molar-refractivity contribution in [3.63, 3.8) is 0 Å². The van der Waals surface area contributed by atoms with Crippen LogP contribution in [0.5, 0.6) is 0 Å². The van der Waals surface area contributed by atoms with Crippen LogP contribution in [-0.4, -0.2) is 19.1 Å². The maximum Gasteiger partial charge on any atom is 0.347 e. The van der Waals surface area contributed by atoms with Crippen molar-refractivity contribution in [1.82, 2.24) is 0 Å². The smallest absolute Gasteiger partial charge is 0.308 e. The molecule has 10 heteroatoms. The van der Waals surface area contributed by atoms with Crippen LogP contribution in [-0.2, 0) is 18.4 Å². The van der Waals surface area contributed by atoms with Gasteiger partial charge in [-0.3, -0.25) is 14.3 Å². The van der Waals surface area contributed by atoms with Crippen molar-refractivity contribution in [2.24, 2.45) is 0 Å². The fourth-order valence-corrected chi connectivity index (χ4v) is 7.28. The first-order valence-corrected chi connectivity index (χ1v) is 12.9. The molecule has 1 unspecified atom stereocenters.